The molecule has 0 aliphatic carbocycles. The Morgan fingerprint density at radius 1 is 1.11 bits per heavy atom. The lowest BCUT2D eigenvalue weighted by molar-refractivity contribution is 0.0537. The average molecular weight is 459 g/mol. The molecule has 1 atom stereocenters. The van der Waals surface area contributed by atoms with Crippen LogP contribution in [0.3, 0.4) is 0 Å². The van der Waals surface area contributed by atoms with Gasteiger partial charge in [0.25, 0.3) is 5.91 Å². The van der Waals surface area contributed by atoms with Crippen LogP contribution < -0.4 is 10.6 Å². The number of carbonyl (C=O) groups is 2. The Morgan fingerprint density at radius 3 is 2.25 bits per heavy atom. The number of urea groups is 1. The number of halogens is 7. The van der Waals surface area contributed by atoms with Gasteiger partial charge >= 0.3 is 11.3 Å². The minimum Gasteiger partial charge on any atom is -0.306 e. The summed E-state index contributed by atoms with van der Waals surface area (Å²) in [5, 5.41) is -0.307. The van der Waals surface area contributed by atoms with Gasteiger partial charge < -0.3 is 5.32 Å². The van der Waals surface area contributed by atoms with Crippen molar-refractivity contribution in [3.8, 4) is 0 Å². The molecule has 0 aromatic heterocycles. The summed E-state index contributed by atoms with van der Waals surface area (Å²) in [6, 6.07) is 4.74. The maximum absolute atomic E-state index is 13.5. The van der Waals surface area contributed by atoms with Gasteiger partial charge in [-0.1, -0.05) is 29.3 Å². The van der Waals surface area contributed by atoms with Gasteiger partial charge in [-0.2, -0.15) is 8.78 Å². The summed E-state index contributed by atoms with van der Waals surface area (Å²) in [6.07, 6.45) is 0. The van der Waals surface area contributed by atoms with Crippen molar-refractivity contribution in [3.05, 3.63) is 58.6 Å². The van der Waals surface area contributed by atoms with Crippen molar-refractivity contribution in [2.45, 2.75) is 15.8 Å². The van der Waals surface area contributed by atoms with Crippen LogP contribution in [0.2, 0.25) is 5.02 Å². The third-order valence-electron chi connectivity index (χ3n) is 3.11. The first-order valence-corrected chi connectivity index (χ1v) is 8.85. The summed E-state index contributed by atoms with van der Waals surface area (Å²) >= 11 is 10.4. The van der Waals surface area contributed by atoms with Gasteiger partial charge in [0.05, 0.1) is 10.7 Å². The van der Waals surface area contributed by atoms with E-state index in [1.807, 2.05) is 0 Å². The fourth-order valence-corrected chi connectivity index (χ4v) is 3.04. The van der Waals surface area contributed by atoms with Gasteiger partial charge in [0.2, 0.25) is 5.63 Å². The van der Waals surface area contributed by atoms with Crippen LogP contribution >= 0.6 is 35.0 Å². The molecule has 0 saturated carbocycles. The first kappa shape index (κ1) is 22.3. The van der Waals surface area contributed by atoms with Gasteiger partial charge in [-0.3, -0.25) is 10.1 Å². The van der Waals surface area contributed by atoms with Crippen LogP contribution in [0.1, 0.15) is 10.4 Å². The number of thioether (sulfide) groups is 1. The number of hydrogen-bond acceptors (Lipinski definition) is 3. The minimum atomic E-state index is -3.91. The molecule has 0 saturated heterocycles. The molecule has 2 rings (SSSR count). The smallest absolute Gasteiger partial charge is 0.306 e. The van der Waals surface area contributed by atoms with Crippen molar-refractivity contribution in [2.75, 3.05) is 5.32 Å². The molecule has 0 aliphatic rings. The Bertz CT molecular complexity index is 894. The molecule has 0 aliphatic heterocycles. The Morgan fingerprint density at radius 2 is 1.71 bits per heavy atom. The molecule has 0 heterocycles. The predicted octanol–water partition coefficient (Wildman–Crippen LogP) is 5.80. The van der Waals surface area contributed by atoms with Crippen molar-refractivity contribution in [3.63, 3.8) is 0 Å². The molecular formula is C16H9Cl2F5N2O2S. The second-order valence-corrected chi connectivity index (χ2v) is 7.12. The number of benzene rings is 2. The van der Waals surface area contributed by atoms with Crippen LogP contribution in [-0.2, 0) is 0 Å². The molecule has 4 nitrogen and oxygen atoms in total. The zero-order valence-corrected chi connectivity index (χ0v) is 15.7. The molecular weight excluding hydrogens is 450 g/mol. The second kappa shape index (κ2) is 8.97. The maximum atomic E-state index is 13.5. The van der Waals surface area contributed by atoms with Gasteiger partial charge in [-0.05, 0) is 42.1 Å². The lowest BCUT2D eigenvalue weighted by Crippen LogP contribution is -2.35. The number of carbonyl (C=O) groups excluding carboxylic acids is 2. The summed E-state index contributed by atoms with van der Waals surface area (Å²) in [4.78, 5) is 23.5. The first-order chi connectivity index (χ1) is 13.0. The van der Waals surface area contributed by atoms with Gasteiger partial charge in [0, 0.05) is 4.90 Å². The number of nitrogens with one attached hydrogen (secondary N) is 2. The van der Waals surface area contributed by atoms with E-state index in [0.29, 0.717) is 0 Å². The van der Waals surface area contributed by atoms with Crippen LogP contribution in [-0.4, -0.2) is 22.8 Å². The van der Waals surface area contributed by atoms with Crippen molar-refractivity contribution in [1.29, 1.82) is 0 Å². The van der Waals surface area contributed by atoms with E-state index in [9.17, 15) is 31.5 Å². The lowest BCUT2D eigenvalue weighted by Gasteiger charge is -2.16. The quantitative estimate of drug-likeness (QED) is 0.338. The minimum absolute atomic E-state index is 0.101. The molecule has 0 spiro atoms. The van der Waals surface area contributed by atoms with Crippen molar-refractivity contribution in [1.82, 2.24) is 5.32 Å². The molecule has 0 radical (unpaired) electrons. The highest BCUT2D eigenvalue weighted by molar-refractivity contribution is 8.00. The zero-order chi connectivity index (χ0) is 21.1. The summed E-state index contributed by atoms with van der Waals surface area (Å²) in [6.45, 7) is 0. The molecule has 150 valence electrons. The Kier molecular flexibility index (Phi) is 7.13. The van der Waals surface area contributed by atoms with E-state index in [4.69, 9.17) is 23.2 Å². The molecule has 28 heavy (non-hydrogen) atoms. The summed E-state index contributed by atoms with van der Waals surface area (Å²) in [5.41, 5.74) is -3.99. The van der Waals surface area contributed by atoms with Crippen LogP contribution in [0.4, 0.5) is 32.4 Å². The van der Waals surface area contributed by atoms with Crippen LogP contribution in [0.5, 0.6) is 0 Å². The molecule has 12 heteroatoms. The normalized spacial score (nSPS) is 12.4. The molecule has 0 fully saturated rings. The summed E-state index contributed by atoms with van der Waals surface area (Å²) < 4.78 is 66.3. The monoisotopic (exact) mass is 458 g/mol. The third kappa shape index (κ3) is 5.49. The van der Waals surface area contributed by atoms with Crippen LogP contribution in [0.25, 0.3) is 0 Å². The summed E-state index contributed by atoms with van der Waals surface area (Å²) in [7, 11) is 0. The van der Waals surface area contributed by atoms with E-state index in [1.54, 1.807) is 5.32 Å². The average Bonchev–Trinajstić information content (AvgIpc) is 2.56. The molecule has 1 unspecified atom stereocenters. The van der Waals surface area contributed by atoms with E-state index in [0.717, 1.165) is 36.4 Å². The molecule has 2 N–H and O–H groups in total. The number of rotatable bonds is 5. The molecule has 2 aromatic carbocycles. The van der Waals surface area contributed by atoms with Crippen LogP contribution in [0, 0.1) is 11.6 Å². The van der Waals surface area contributed by atoms with Crippen molar-refractivity contribution in [2.24, 2.45) is 0 Å². The molecule has 3 amide bonds. The number of imide groups is 1. The third-order valence-corrected chi connectivity index (χ3v) is 4.80. The topological polar surface area (TPSA) is 58.2 Å². The number of anilines is 1. The van der Waals surface area contributed by atoms with E-state index >= 15 is 0 Å². The van der Waals surface area contributed by atoms with Crippen LogP contribution in [0.15, 0.2) is 41.3 Å². The Balaban J connectivity index is 2.07. The SMILES string of the molecule is O=C(NC(=O)c1c(F)cccc1F)Nc1ccc(SC(F)(F)C(F)Cl)cc1Cl. The van der Waals surface area contributed by atoms with Crippen molar-refractivity contribution < 1.29 is 31.5 Å². The van der Waals surface area contributed by atoms with Gasteiger partial charge in [0.15, 0.2) is 0 Å². The molecule has 2 aromatic rings. The number of amides is 3. The highest BCUT2D eigenvalue weighted by Gasteiger charge is 2.40. The predicted molar refractivity (Wildman–Crippen MR) is 95.8 cm³/mol. The largest absolute Gasteiger partial charge is 0.342 e. The fraction of sp³-hybridized carbons (Fsp3) is 0.125. The lowest BCUT2D eigenvalue weighted by atomic mass is 10.2. The van der Waals surface area contributed by atoms with E-state index in [-0.39, 0.29) is 27.4 Å². The second-order valence-electron chi connectivity index (χ2n) is 5.11. The number of hydrogen-bond donors (Lipinski definition) is 2. The standard InChI is InChI=1S/C16H9Cl2F5N2O2S/c17-8-6-7(28-16(22,23)14(18)21)4-5-11(8)24-15(27)25-13(26)12-9(19)2-1-3-10(12)20/h1-6,14H,(H2,24,25,26,27). The van der Waals surface area contributed by atoms with Crippen molar-refractivity contribution >= 4 is 52.6 Å². The Hall–Kier alpha value is -2.04. The fourth-order valence-electron chi connectivity index (χ4n) is 1.90. The maximum Gasteiger partial charge on any atom is 0.342 e. The first-order valence-electron chi connectivity index (χ1n) is 7.22. The van der Waals surface area contributed by atoms with Gasteiger partial charge in [0.1, 0.15) is 17.2 Å². The van der Waals surface area contributed by atoms with Gasteiger partial charge in [-0.15, -0.1) is 0 Å². The van der Waals surface area contributed by atoms with E-state index in [1.165, 1.54) is 0 Å². The Labute approximate surface area is 169 Å². The highest BCUT2D eigenvalue weighted by Crippen LogP contribution is 2.42. The van der Waals surface area contributed by atoms with E-state index < -0.39 is 40.0 Å². The van der Waals surface area contributed by atoms with Gasteiger partial charge in [-0.25, -0.2) is 18.0 Å². The number of alkyl halides is 4. The zero-order valence-electron chi connectivity index (χ0n) is 13.4. The van der Waals surface area contributed by atoms with E-state index in [2.05, 4.69) is 5.32 Å². The highest BCUT2D eigenvalue weighted by atomic mass is 35.5. The molecule has 0 bridgehead atoms. The summed E-state index contributed by atoms with van der Waals surface area (Å²) in [5.74, 6) is -3.68.